The molecule has 0 aliphatic carbocycles. The molecule has 2 aromatic carbocycles. The molecule has 6 nitrogen and oxygen atoms in total. The fourth-order valence-electron chi connectivity index (χ4n) is 4.30. The number of anilines is 1. The Hall–Kier alpha value is -3.32. The third-order valence-electron chi connectivity index (χ3n) is 6.25. The van der Waals surface area contributed by atoms with Gasteiger partial charge in [-0.15, -0.1) is 11.3 Å². The van der Waals surface area contributed by atoms with Gasteiger partial charge in [-0.05, 0) is 68.0 Å². The van der Waals surface area contributed by atoms with E-state index in [9.17, 15) is 9.59 Å². The largest absolute Gasteiger partial charge is 0.491 e. The van der Waals surface area contributed by atoms with E-state index in [0.717, 1.165) is 35.4 Å². The molecule has 4 rings (SSSR count). The molecule has 3 aromatic rings. The van der Waals surface area contributed by atoms with Gasteiger partial charge in [-0.2, -0.15) is 0 Å². The summed E-state index contributed by atoms with van der Waals surface area (Å²) in [7, 11) is 0. The number of hydrogen-bond acceptors (Lipinski definition) is 4. The van der Waals surface area contributed by atoms with E-state index >= 15 is 0 Å². The third kappa shape index (κ3) is 6.22. The van der Waals surface area contributed by atoms with Crippen LogP contribution in [0.15, 0.2) is 60.0 Å². The summed E-state index contributed by atoms with van der Waals surface area (Å²) < 4.78 is 6.11. The average molecular weight is 492 g/mol. The minimum absolute atomic E-state index is 0.0338. The van der Waals surface area contributed by atoms with Crippen molar-refractivity contribution in [2.75, 3.05) is 31.6 Å². The lowest BCUT2D eigenvalue weighted by molar-refractivity contribution is -0.135. The Kier molecular flexibility index (Phi) is 8.08. The number of fused-ring (bicyclic) bond motifs is 1. The highest BCUT2D eigenvalue weighted by Gasteiger charge is 2.33. The summed E-state index contributed by atoms with van der Waals surface area (Å²) in [6, 6.07) is 17.3. The zero-order valence-corrected chi connectivity index (χ0v) is 21.4. The van der Waals surface area contributed by atoms with Crippen molar-refractivity contribution >= 4 is 29.0 Å². The van der Waals surface area contributed by atoms with Gasteiger partial charge >= 0.3 is 6.03 Å². The monoisotopic (exact) mass is 491 g/mol. The van der Waals surface area contributed by atoms with Crippen LogP contribution in [0.5, 0.6) is 5.75 Å². The highest BCUT2D eigenvalue weighted by molar-refractivity contribution is 7.10. The van der Waals surface area contributed by atoms with E-state index < -0.39 is 0 Å². The first-order valence-electron chi connectivity index (χ1n) is 12.1. The van der Waals surface area contributed by atoms with Gasteiger partial charge in [0.25, 0.3) is 0 Å². The minimum Gasteiger partial charge on any atom is -0.491 e. The molecule has 0 radical (unpaired) electrons. The molecule has 1 aromatic heterocycles. The Balaban J connectivity index is 1.46. The summed E-state index contributed by atoms with van der Waals surface area (Å²) >= 11 is 1.73. The Morgan fingerprint density at radius 2 is 1.74 bits per heavy atom. The second kappa shape index (κ2) is 11.4. The van der Waals surface area contributed by atoms with E-state index in [4.69, 9.17) is 4.74 Å². The van der Waals surface area contributed by atoms with Gasteiger partial charge in [-0.3, -0.25) is 4.79 Å². The van der Waals surface area contributed by atoms with Crippen LogP contribution in [0.2, 0.25) is 0 Å². The van der Waals surface area contributed by atoms with E-state index in [-0.39, 0.29) is 24.5 Å². The van der Waals surface area contributed by atoms with Crippen molar-refractivity contribution < 1.29 is 14.3 Å². The Morgan fingerprint density at radius 1 is 1.06 bits per heavy atom. The summed E-state index contributed by atoms with van der Waals surface area (Å²) in [4.78, 5) is 31.3. The second-order valence-electron chi connectivity index (χ2n) is 8.99. The molecule has 3 amide bonds. The highest BCUT2D eigenvalue weighted by Crippen LogP contribution is 2.34. The Morgan fingerprint density at radius 3 is 2.43 bits per heavy atom. The number of benzene rings is 2. The molecular weight excluding hydrogens is 458 g/mol. The molecule has 7 heteroatoms. The number of carbonyl (C=O) groups is 2. The molecule has 1 N–H and O–H groups in total. The Labute approximate surface area is 211 Å². The van der Waals surface area contributed by atoms with Crippen LogP contribution in [0, 0.1) is 13.8 Å². The number of urea groups is 1. The molecule has 0 spiro atoms. The topological polar surface area (TPSA) is 61.9 Å². The standard InChI is InChI=1S/C28H33N3O3S/c1-4-15-30(28(33)29-22-9-5-20(2)6-10-22)18-27(32)31-16-13-26-24(14-17-35-26)25(31)19-34-23-11-7-21(3)8-12-23/h5-12,14,17,25H,4,13,15-16,18-19H2,1-3H3,(H,29,33)/t25-/m0/s1. The van der Waals surface area contributed by atoms with Crippen molar-refractivity contribution in [3.8, 4) is 5.75 Å². The van der Waals surface area contributed by atoms with E-state index in [1.54, 1.807) is 16.2 Å². The fraction of sp³-hybridized carbons (Fsp3) is 0.357. The lowest BCUT2D eigenvalue weighted by atomic mass is 10.0. The number of thiophene rings is 1. The van der Waals surface area contributed by atoms with Crippen LogP contribution in [0.3, 0.4) is 0 Å². The summed E-state index contributed by atoms with van der Waals surface area (Å²) in [6.07, 6.45) is 1.59. The average Bonchev–Trinajstić information content (AvgIpc) is 3.34. The first-order chi connectivity index (χ1) is 16.9. The summed E-state index contributed by atoms with van der Waals surface area (Å²) in [5, 5.41) is 5.01. The van der Waals surface area contributed by atoms with Gasteiger partial charge in [-0.1, -0.05) is 42.3 Å². The van der Waals surface area contributed by atoms with Gasteiger partial charge < -0.3 is 19.9 Å². The lowest BCUT2D eigenvalue weighted by Gasteiger charge is -2.37. The van der Waals surface area contributed by atoms with Crippen LogP contribution in [0.1, 0.15) is 41.0 Å². The first kappa shape index (κ1) is 24.8. The molecule has 1 aliphatic rings. The van der Waals surface area contributed by atoms with Crippen molar-refractivity contribution in [3.63, 3.8) is 0 Å². The van der Waals surface area contributed by atoms with Crippen molar-refractivity contribution in [2.45, 2.75) is 39.7 Å². The van der Waals surface area contributed by atoms with E-state index in [0.29, 0.717) is 19.7 Å². The molecule has 0 bridgehead atoms. The first-order valence-corrected chi connectivity index (χ1v) is 13.0. The number of aryl methyl sites for hydroxylation is 2. The van der Waals surface area contributed by atoms with Crippen LogP contribution in [0.25, 0.3) is 0 Å². The van der Waals surface area contributed by atoms with Crippen LogP contribution in [0.4, 0.5) is 10.5 Å². The normalized spacial score (nSPS) is 14.8. The maximum atomic E-state index is 13.5. The predicted molar refractivity (Wildman–Crippen MR) is 141 cm³/mol. The molecule has 1 aliphatic heterocycles. The molecule has 35 heavy (non-hydrogen) atoms. The van der Waals surface area contributed by atoms with Crippen LogP contribution < -0.4 is 10.1 Å². The molecule has 184 valence electrons. The number of ether oxygens (including phenoxy) is 1. The summed E-state index contributed by atoms with van der Waals surface area (Å²) in [5.74, 6) is 0.724. The van der Waals surface area contributed by atoms with Crippen LogP contribution >= 0.6 is 11.3 Å². The van der Waals surface area contributed by atoms with Crippen LogP contribution in [-0.2, 0) is 11.2 Å². The van der Waals surface area contributed by atoms with E-state index in [1.807, 2.05) is 74.2 Å². The van der Waals surface area contributed by atoms with Crippen molar-refractivity contribution in [1.82, 2.24) is 9.80 Å². The van der Waals surface area contributed by atoms with E-state index in [1.165, 1.54) is 10.4 Å². The van der Waals surface area contributed by atoms with Crippen molar-refractivity contribution in [3.05, 3.63) is 81.5 Å². The van der Waals surface area contributed by atoms with Gasteiger partial charge in [0.15, 0.2) is 0 Å². The van der Waals surface area contributed by atoms with Gasteiger partial charge in [-0.25, -0.2) is 4.79 Å². The number of hydrogen-bond donors (Lipinski definition) is 1. The lowest BCUT2D eigenvalue weighted by Crippen LogP contribution is -2.48. The Bertz CT molecular complexity index is 1140. The van der Waals surface area contributed by atoms with Crippen molar-refractivity contribution in [1.29, 1.82) is 0 Å². The number of nitrogens with one attached hydrogen (secondary N) is 1. The number of nitrogens with zero attached hydrogens (tertiary/aromatic N) is 2. The molecule has 0 unspecified atom stereocenters. The van der Waals surface area contributed by atoms with Crippen LogP contribution in [-0.4, -0.2) is 48.0 Å². The fourth-order valence-corrected chi connectivity index (χ4v) is 5.23. The smallest absolute Gasteiger partial charge is 0.322 e. The van der Waals surface area contributed by atoms with E-state index in [2.05, 4.69) is 16.8 Å². The molecule has 2 heterocycles. The highest BCUT2D eigenvalue weighted by atomic mass is 32.1. The molecule has 0 saturated carbocycles. The second-order valence-corrected chi connectivity index (χ2v) is 9.99. The van der Waals surface area contributed by atoms with Gasteiger partial charge in [0, 0.05) is 23.7 Å². The molecule has 0 saturated heterocycles. The summed E-state index contributed by atoms with van der Waals surface area (Å²) in [5.41, 5.74) is 4.17. The maximum Gasteiger partial charge on any atom is 0.322 e. The molecule has 1 atom stereocenters. The number of amides is 3. The molecular formula is C28H33N3O3S. The minimum atomic E-state index is -0.259. The van der Waals surface area contributed by atoms with Crippen molar-refractivity contribution in [2.24, 2.45) is 0 Å². The maximum absolute atomic E-state index is 13.5. The predicted octanol–water partition coefficient (Wildman–Crippen LogP) is 5.81. The SMILES string of the molecule is CCCN(CC(=O)N1CCc2sccc2[C@@H]1COc1ccc(C)cc1)C(=O)Nc1ccc(C)cc1. The third-order valence-corrected chi connectivity index (χ3v) is 7.25. The zero-order chi connectivity index (χ0) is 24.8. The van der Waals surface area contributed by atoms with Gasteiger partial charge in [0.2, 0.25) is 5.91 Å². The number of rotatable bonds is 8. The van der Waals surface area contributed by atoms with Gasteiger partial charge in [0.1, 0.15) is 18.9 Å². The number of carbonyl (C=O) groups excluding carboxylic acids is 2. The van der Waals surface area contributed by atoms with Gasteiger partial charge in [0.05, 0.1) is 6.04 Å². The molecule has 0 fully saturated rings. The summed E-state index contributed by atoms with van der Waals surface area (Å²) in [6.45, 7) is 7.59. The quantitative estimate of drug-likeness (QED) is 0.432. The zero-order valence-electron chi connectivity index (χ0n) is 20.6.